The molecule has 0 aromatic carbocycles. The van der Waals surface area contributed by atoms with Gasteiger partial charge in [0.1, 0.15) is 0 Å². The lowest BCUT2D eigenvalue weighted by Gasteiger charge is -2.58. The van der Waals surface area contributed by atoms with Gasteiger partial charge in [-0.05, 0) is 67.4 Å². The molecule has 0 bridgehead atoms. The Hall–Kier alpha value is -0.890. The molecule has 0 aliphatic heterocycles. The highest BCUT2D eigenvalue weighted by atomic mass is 16.3. The third-order valence-electron chi connectivity index (χ3n) is 8.18. The molecule has 1 N–H and O–H groups in total. The normalized spacial score (nSPS) is 51.7. The monoisotopic (exact) mass is 314 g/mol. The van der Waals surface area contributed by atoms with E-state index in [2.05, 4.69) is 26.8 Å². The van der Waals surface area contributed by atoms with Gasteiger partial charge in [0.25, 0.3) is 0 Å². The number of aliphatic hydroxyl groups is 1. The van der Waals surface area contributed by atoms with Crippen LogP contribution in [0.25, 0.3) is 0 Å². The second-order valence-corrected chi connectivity index (χ2v) is 8.98. The van der Waals surface area contributed by atoms with Gasteiger partial charge in [-0.25, -0.2) is 0 Å². The minimum Gasteiger partial charge on any atom is -0.393 e. The number of fused-ring (bicyclic) bond motifs is 5. The molecule has 2 nitrogen and oxygen atoms in total. The maximum atomic E-state index is 11.8. The number of ketones is 1. The number of carbonyl (C=O) groups excluding carboxylic acids is 1. The van der Waals surface area contributed by atoms with Crippen LogP contribution in [-0.2, 0) is 4.79 Å². The first-order valence-electron chi connectivity index (χ1n) is 9.52. The molecule has 3 fully saturated rings. The molecule has 4 aliphatic carbocycles. The number of carbonyl (C=O) groups is 1. The zero-order chi connectivity index (χ0) is 16.4. The third-order valence-corrected chi connectivity index (χ3v) is 8.18. The summed E-state index contributed by atoms with van der Waals surface area (Å²) in [6.45, 7) is 7.03. The van der Waals surface area contributed by atoms with Crippen molar-refractivity contribution in [1.82, 2.24) is 0 Å². The number of aliphatic hydroxyl groups excluding tert-OH is 1. The van der Waals surface area contributed by atoms with E-state index in [-0.39, 0.29) is 17.3 Å². The largest absolute Gasteiger partial charge is 0.393 e. The van der Waals surface area contributed by atoms with Crippen molar-refractivity contribution in [2.45, 2.75) is 65.4 Å². The van der Waals surface area contributed by atoms with Crippen LogP contribution in [-0.4, -0.2) is 17.0 Å². The summed E-state index contributed by atoms with van der Waals surface area (Å²) in [5.41, 5.74) is 1.47. The predicted molar refractivity (Wildman–Crippen MR) is 91.8 cm³/mol. The first-order valence-corrected chi connectivity index (χ1v) is 9.52. The summed E-state index contributed by atoms with van der Waals surface area (Å²) in [5.74, 6) is 2.56. The molecule has 0 heterocycles. The van der Waals surface area contributed by atoms with E-state index in [0.717, 1.165) is 31.1 Å². The highest BCUT2D eigenvalue weighted by Crippen LogP contribution is 2.66. The Balaban J connectivity index is 1.73. The predicted octanol–water partition coefficient (Wildman–Crippen LogP) is 4.29. The molecule has 0 aromatic rings. The molecular formula is C21H30O2. The summed E-state index contributed by atoms with van der Waals surface area (Å²) in [6, 6.07) is 0. The van der Waals surface area contributed by atoms with Crippen molar-refractivity contribution in [2.75, 3.05) is 0 Å². The molecule has 4 aliphatic rings. The van der Waals surface area contributed by atoms with Gasteiger partial charge in [-0.3, -0.25) is 4.79 Å². The Morgan fingerprint density at radius 1 is 1.26 bits per heavy atom. The Kier molecular flexibility index (Phi) is 3.43. The van der Waals surface area contributed by atoms with E-state index < -0.39 is 0 Å². The maximum Gasteiger partial charge on any atom is 0.178 e. The summed E-state index contributed by atoms with van der Waals surface area (Å²) in [7, 11) is 0. The van der Waals surface area contributed by atoms with E-state index in [1.165, 1.54) is 24.8 Å². The average molecular weight is 314 g/mol. The second-order valence-electron chi connectivity index (χ2n) is 8.98. The van der Waals surface area contributed by atoms with Gasteiger partial charge in [0.15, 0.2) is 5.78 Å². The van der Waals surface area contributed by atoms with E-state index in [1.807, 2.05) is 6.08 Å². The summed E-state index contributed by atoms with van der Waals surface area (Å²) in [6.07, 6.45) is 12.5. The highest BCUT2D eigenvalue weighted by molar-refractivity contribution is 6.01. The highest BCUT2D eigenvalue weighted by Gasteiger charge is 2.60. The molecule has 0 aromatic heterocycles. The van der Waals surface area contributed by atoms with Crippen LogP contribution in [0.3, 0.4) is 0 Å². The van der Waals surface area contributed by atoms with Crippen molar-refractivity contribution in [3.05, 3.63) is 23.8 Å². The van der Waals surface area contributed by atoms with Crippen molar-refractivity contribution >= 4 is 5.78 Å². The van der Waals surface area contributed by atoms with Crippen molar-refractivity contribution in [3.8, 4) is 0 Å². The molecule has 0 radical (unpaired) electrons. The first kappa shape index (κ1) is 15.6. The molecule has 4 unspecified atom stereocenters. The van der Waals surface area contributed by atoms with E-state index >= 15 is 0 Å². The molecule has 0 amide bonds. The maximum absolute atomic E-state index is 11.8. The van der Waals surface area contributed by atoms with Crippen molar-refractivity contribution < 1.29 is 9.90 Å². The van der Waals surface area contributed by atoms with Gasteiger partial charge in [-0.2, -0.15) is 0 Å². The Morgan fingerprint density at radius 3 is 2.78 bits per heavy atom. The smallest absolute Gasteiger partial charge is 0.178 e. The summed E-state index contributed by atoms with van der Waals surface area (Å²) in [5, 5.41) is 11.2. The van der Waals surface area contributed by atoms with Crippen LogP contribution in [0.5, 0.6) is 0 Å². The fourth-order valence-electron chi connectivity index (χ4n) is 7.10. The van der Waals surface area contributed by atoms with Crippen LogP contribution >= 0.6 is 0 Å². The van der Waals surface area contributed by atoms with E-state index in [9.17, 15) is 9.90 Å². The van der Waals surface area contributed by atoms with Crippen LogP contribution in [0.2, 0.25) is 0 Å². The van der Waals surface area contributed by atoms with E-state index in [0.29, 0.717) is 17.3 Å². The standard InChI is InChI=1S/C21H30O2/c1-4-13-6-8-17-16-7-5-14-11-15(22)9-10-20(14,2)19(16)18(23)12-21(13,17)3/h9-11,13,16-19,23H,4-8,12H2,1-3H3/t13?,16?,17?,18-,19?,20-,21+/m0/s1. The first-order chi connectivity index (χ1) is 10.9. The summed E-state index contributed by atoms with van der Waals surface area (Å²) in [4.78, 5) is 11.8. The second kappa shape index (κ2) is 5.05. The minimum atomic E-state index is -0.236. The van der Waals surface area contributed by atoms with E-state index in [1.54, 1.807) is 6.08 Å². The van der Waals surface area contributed by atoms with E-state index in [4.69, 9.17) is 0 Å². The number of hydrogen-bond donors (Lipinski definition) is 1. The number of rotatable bonds is 1. The van der Waals surface area contributed by atoms with Crippen LogP contribution < -0.4 is 0 Å². The SMILES string of the molecule is CCC1CCC2C3CCC4=CC(=O)C=C[C@]4(C)C3[C@@H](O)C[C@]12C. The third kappa shape index (κ3) is 2.00. The molecule has 2 heteroatoms. The fraction of sp³-hybridized carbons (Fsp3) is 0.762. The fourth-order valence-corrected chi connectivity index (χ4v) is 7.10. The minimum absolute atomic E-state index is 0.109. The van der Waals surface area contributed by atoms with Gasteiger partial charge >= 0.3 is 0 Å². The lowest BCUT2D eigenvalue weighted by atomic mass is 9.47. The molecule has 0 spiro atoms. The Morgan fingerprint density at radius 2 is 2.04 bits per heavy atom. The summed E-state index contributed by atoms with van der Waals surface area (Å²) < 4.78 is 0. The van der Waals surface area contributed by atoms with Gasteiger partial charge in [-0.15, -0.1) is 0 Å². The van der Waals surface area contributed by atoms with Gasteiger partial charge < -0.3 is 5.11 Å². The van der Waals surface area contributed by atoms with Gasteiger partial charge in [-0.1, -0.05) is 38.8 Å². The molecule has 23 heavy (non-hydrogen) atoms. The van der Waals surface area contributed by atoms with Gasteiger partial charge in [0.2, 0.25) is 0 Å². The van der Waals surface area contributed by atoms with Crippen molar-refractivity contribution in [2.24, 2.45) is 34.5 Å². The number of allylic oxidation sites excluding steroid dienone is 4. The molecule has 7 atom stereocenters. The topological polar surface area (TPSA) is 37.3 Å². The Bertz CT molecular complexity index is 589. The lowest BCUT2D eigenvalue weighted by Crippen LogP contribution is -2.55. The molecular weight excluding hydrogens is 284 g/mol. The molecule has 0 saturated heterocycles. The average Bonchev–Trinajstić information content (AvgIpc) is 2.83. The molecule has 4 rings (SSSR count). The Labute approximate surface area is 140 Å². The zero-order valence-corrected chi connectivity index (χ0v) is 14.7. The van der Waals surface area contributed by atoms with Crippen LogP contribution in [0, 0.1) is 34.5 Å². The van der Waals surface area contributed by atoms with Gasteiger partial charge in [0.05, 0.1) is 6.10 Å². The molecule has 3 saturated carbocycles. The van der Waals surface area contributed by atoms with Crippen LogP contribution in [0.1, 0.15) is 59.3 Å². The number of hydrogen-bond acceptors (Lipinski definition) is 2. The van der Waals surface area contributed by atoms with Crippen molar-refractivity contribution in [1.29, 1.82) is 0 Å². The van der Waals surface area contributed by atoms with Crippen LogP contribution in [0.15, 0.2) is 23.8 Å². The van der Waals surface area contributed by atoms with Gasteiger partial charge in [0, 0.05) is 11.3 Å². The van der Waals surface area contributed by atoms with Crippen LogP contribution in [0.4, 0.5) is 0 Å². The summed E-state index contributed by atoms with van der Waals surface area (Å²) >= 11 is 0. The lowest BCUT2D eigenvalue weighted by molar-refractivity contribution is -0.118. The zero-order valence-electron chi connectivity index (χ0n) is 14.7. The molecule has 126 valence electrons. The quantitative estimate of drug-likeness (QED) is 0.784. The van der Waals surface area contributed by atoms with Crippen molar-refractivity contribution in [3.63, 3.8) is 0 Å².